The van der Waals surface area contributed by atoms with Gasteiger partial charge in [0.15, 0.2) is 0 Å². The number of aromatic nitrogens is 1. The summed E-state index contributed by atoms with van der Waals surface area (Å²) >= 11 is 0. The van der Waals surface area contributed by atoms with Gasteiger partial charge in [-0.2, -0.15) is 0 Å². The van der Waals surface area contributed by atoms with E-state index in [1.807, 2.05) is 18.2 Å². The van der Waals surface area contributed by atoms with Gasteiger partial charge in [0, 0.05) is 12.6 Å². The Morgan fingerprint density at radius 3 is 2.64 bits per heavy atom. The first-order chi connectivity index (χ1) is 10.7. The number of carbonyl (C=O) groups excluding carboxylic acids is 1. The van der Waals surface area contributed by atoms with Crippen molar-refractivity contribution in [2.45, 2.75) is 32.2 Å². The zero-order chi connectivity index (χ0) is 15.8. The van der Waals surface area contributed by atoms with Crippen molar-refractivity contribution in [2.75, 3.05) is 6.54 Å². The van der Waals surface area contributed by atoms with Gasteiger partial charge < -0.3 is 11.1 Å². The minimum atomic E-state index is -0.116. The van der Waals surface area contributed by atoms with Crippen LogP contribution in [0, 0.1) is 6.92 Å². The monoisotopic (exact) mass is 297 g/mol. The molecule has 1 amide bonds. The molecule has 0 spiro atoms. The van der Waals surface area contributed by atoms with Crippen LogP contribution in [0.15, 0.2) is 48.7 Å². The molecule has 1 aromatic carbocycles. The van der Waals surface area contributed by atoms with Crippen LogP contribution in [-0.4, -0.2) is 17.4 Å². The summed E-state index contributed by atoms with van der Waals surface area (Å²) in [6.45, 7) is 2.59. The van der Waals surface area contributed by atoms with Crippen molar-refractivity contribution in [1.82, 2.24) is 10.3 Å². The second kappa shape index (κ2) is 8.29. The number of hydrogen-bond donors (Lipinski definition) is 2. The Hall–Kier alpha value is -2.20. The second-order valence-corrected chi connectivity index (χ2v) is 5.46. The lowest BCUT2D eigenvalue weighted by Crippen LogP contribution is -2.30. The topological polar surface area (TPSA) is 68.0 Å². The molecule has 0 saturated heterocycles. The number of nitrogens with two attached hydrogens (primary N) is 1. The smallest absolute Gasteiger partial charge is 0.220 e. The van der Waals surface area contributed by atoms with Crippen molar-refractivity contribution in [3.63, 3.8) is 0 Å². The summed E-state index contributed by atoms with van der Waals surface area (Å²) < 4.78 is 0. The highest BCUT2D eigenvalue weighted by molar-refractivity contribution is 5.76. The Balaban J connectivity index is 2.11. The van der Waals surface area contributed by atoms with Gasteiger partial charge in [-0.05, 0) is 44.0 Å². The molecule has 116 valence electrons. The number of aryl methyl sites for hydroxylation is 1. The summed E-state index contributed by atoms with van der Waals surface area (Å²) in [6.07, 6.45) is 3.63. The van der Waals surface area contributed by atoms with Crippen LogP contribution >= 0.6 is 0 Å². The van der Waals surface area contributed by atoms with E-state index in [1.165, 1.54) is 11.1 Å². The van der Waals surface area contributed by atoms with E-state index < -0.39 is 0 Å². The highest BCUT2D eigenvalue weighted by Gasteiger charge is 2.16. The first kappa shape index (κ1) is 16.2. The van der Waals surface area contributed by atoms with E-state index in [-0.39, 0.29) is 11.9 Å². The van der Waals surface area contributed by atoms with E-state index in [9.17, 15) is 4.79 Å². The maximum absolute atomic E-state index is 12.0. The van der Waals surface area contributed by atoms with Gasteiger partial charge in [0.05, 0.1) is 11.7 Å². The lowest BCUT2D eigenvalue weighted by Gasteiger charge is -2.18. The molecule has 4 nitrogen and oxygen atoms in total. The molecule has 1 aromatic heterocycles. The summed E-state index contributed by atoms with van der Waals surface area (Å²) in [5.74, 6) is 0.0215. The van der Waals surface area contributed by atoms with E-state index in [2.05, 4.69) is 41.5 Å². The predicted octanol–water partition coefficient (Wildman–Crippen LogP) is 2.53. The summed E-state index contributed by atoms with van der Waals surface area (Å²) in [6, 6.07) is 14.0. The molecule has 0 aliphatic heterocycles. The molecule has 0 bridgehead atoms. The Morgan fingerprint density at radius 1 is 1.23 bits per heavy atom. The zero-order valence-electron chi connectivity index (χ0n) is 13.0. The molecule has 0 aliphatic rings. The molecule has 3 N–H and O–H groups in total. The normalized spacial score (nSPS) is 11.9. The van der Waals surface area contributed by atoms with Crippen LogP contribution in [0.25, 0.3) is 0 Å². The molecule has 2 rings (SSSR count). The fourth-order valence-electron chi connectivity index (χ4n) is 2.30. The highest BCUT2D eigenvalue weighted by Crippen LogP contribution is 2.17. The SMILES string of the molecule is Cc1ccc(CC(NC(=O)CCCN)c2ccccn2)cc1. The molecule has 1 heterocycles. The largest absolute Gasteiger partial charge is 0.347 e. The molecular formula is C18H23N3O. The molecule has 0 fully saturated rings. The minimum absolute atomic E-state index is 0.0215. The van der Waals surface area contributed by atoms with Crippen LogP contribution in [0.2, 0.25) is 0 Å². The van der Waals surface area contributed by atoms with Crippen molar-refractivity contribution in [2.24, 2.45) is 5.73 Å². The van der Waals surface area contributed by atoms with Crippen molar-refractivity contribution >= 4 is 5.91 Å². The number of nitrogens with one attached hydrogen (secondary N) is 1. The van der Waals surface area contributed by atoms with Gasteiger partial charge in [-0.1, -0.05) is 35.9 Å². The van der Waals surface area contributed by atoms with E-state index in [4.69, 9.17) is 5.73 Å². The summed E-state index contributed by atoms with van der Waals surface area (Å²) in [4.78, 5) is 16.4. The number of nitrogens with zero attached hydrogens (tertiary/aromatic N) is 1. The quantitative estimate of drug-likeness (QED) is 0.825. The van der Waals surface area contributed by atoms with Crippen LogP contribution in [0.3, 0.4) is 0 Å². The Labute approximate surface area is 131 Å². The number of carbonyl (C=O) groups is 1. The van der Waals surface area contributed by atoms with E-state index in [0.29, 0.717) is 19.4 Å². The standard InChI is InChI=1S/C18H23N3O/c1-14-7-9-15(10-8-14)13-17(16-5-2-3-12-20-16)21-18(22)6-4-11-19/h2-3,5,7-10,12,17H,4,6,11,13,19H2,1H3,(H,21,22). The van der Waals surface area contributed by atoms with Gasteiger partial charge in [0.2, 0.25) is 5.91 Å². The van der Waals surface area contributed by atoms with Crippen LogP contribution in [0.4, 0.5) is 0 Å². The second-order valence-electron chi connectivity index (χ2n) is 5.46. The van der Waals surface area contributed by atoms with Gasteiger partial charge >= 0.3 is 0 Å². The predicted molar refractivity (Wildman–Crippen MR) is 88.3 cm³/mol. The molecule has 0 aliphatic carbocycles. The average Bonchev–Trinajstić information content (AvgIpc) is 2.55. The molecule has 0 saturated carbocycles. The Kier molecular flexibility index (Phi) is 6.10. The molecular weight excluding hydrogens is 274 g/mol. The summed E-state index contributed by atoms with van der Waals surface area (Å²) in [5, 5.41) is 3.07. The van der Waals surface area contributed by atoms with Gasteiger partial charge in [-0.3, -0.25) is 9.78 Å². The van der Waals surface area contributed by atoms with Crippen molar-refractivity contribution in [3.8, 4) is 0 Å². The Morgan fingerprint density at radius 2 is 2.00 bits per heavy atom. The van der Waals surface area contributed by atoms with Gasteiger partial charge in [-0.15, -0.1) is 0 Å². The third-order valence-electron chi connectivity index (χ3n) is 3.55. The van der Waals surface area contributed by atoms with Crippen molar-refractivity contribution in [3.05, 3.63) is 65.5 Å². The maximum atomic E-state index is 12.0. The van der Waals surface area contributed by atoms with Gasteiger partial charge in [0.25, 0.3) is 0 Å². The molecule has 22 heavy (non-hydrogen) atoms. The number of pyridine rings is 1. The lowest BCUT2D eigenvalue weighted by atomic mass is 10.0. The third kappa shape index (κ3) is 4.97. The van der Waals surface area contributed by atoms with E-state index in [0.717, 1.165) is 12.1 Å². The summed E-state index contributed by atoms with van der Waals surface area (Å²) in [5.41, 5.74) is 8.75. The average molecular weight is 297 g/mol. The molecule has 2 aromatic rings. The molecule has 1 unspecified atom stereocenters. The van der Waals surface area contributed by atoms with Crippen LogP contribution in [0.5, 0.6) is 0 Å². The van der Waals surface area contributed by atoms with Gasteiger partial charge in [-0.25, -0.2) is 0 Å². The molecule has 4 heteroatoms. The first-order valence-corrected chi connectivity index (χ1v) is 7.65. The van der Waals surface area contributed by atoms with Crippen molar-refractivity contribution in [1.29, 1.82) is 0 Å². The lowest BCUT2D eigenvalue weighted by molar-refractivity contribution is -0.121. The molecule has 1 atom stereocenters. The molecule has 0 radical (unpaired) electrons. The van der Waals surface area contributed by atoms with E-state index >= 15 is 0 Å². The van der Waals surface area contributed by atoms with Gasteiger partial charge in [0.1, 0.15) is 0 Å². The zero-order valence-corrected chi connectivity index (χ0v) is 13.0. The minimum Gasteiger partial charge on any atom is -0.347 e. The number of rotatable bonds is 7. The van der Waals surface area contributed by atoms with Crippen LogP contribution < -0.4 is 11.1 Å². The Bertz CT molecular complexity index is 581. The fraction of sp³-hybridized carbons (Fsp3) is 0.333. The van der Waals surface area contributed by atoms with Crippen LogP contribution in [-0.2, 0) is 11.2 Å². The third-order valence-corrected chi connectivity index (χ3v) is 3.55. The maximum Gasteiger partial charge on any atom is 0.220 e. The summed E-state index contributed by atoms with van der Waals surface area (Å²) in [7, 11) is 0. The fourth-order valence-corrected chi connectivity index (χ4v) is 2.30. The first-order valence-electron chi connectivity index (χ1n) is 7.65. The number of benzene rings is 1. The van der Waals surface area contributed by atoms with E-state index in [1.54, 1.807) is 6.20 Å². The van der Waals surface area contributed by atoms with Crippen LogP contribution in [0.1, 0.15) is 35.7 Å². The number of hydrogen-bond acceptors (Lipinski definition) is 3. The number of amides is 1. The highest BCUT2D eigenvalue weighted by atomic mass is 16.1. The van der Waals surface area contributed by atoms with Crippen molar-refractivity contribution < 1.29 is 4.79 Å².